The fourth-order valence-electron chi connectivity index (χ4n) is 9.32. The standard InChI is InChI=1S/C56H65N9O11S/c1-7-37(8-2)77-54-59-27-34(28-60-54)15-12-11-13-17-46(67)64-47(32(5)6)50(69)63-44(16-14-24-58-53(57)72)49(68)61-35-20-18-33(19-21-35)30-75-55(73)76-56(10-4)42-26-45-48-40(29-65(45)51(70)41(42)31-74-52(56)71)38(9-3)39-25-36(66)22-23-43(39)62-48/h18-23,25-28,32,37,44,47,66H,7-11,13-14,16-17,24,29-31H2,1-6H3,(H,61,68)(H,63,69)(H,64,67)(H3,57,58,72)/t44-,47?,56-/m0/s1. The molecule has 0 spiro atoms. The van der Waals surface area contributed by atoms with Crippen molar-refractivity contribution in [1.29, 1.82) is 0 Å². The van der Waals surface area contributed by atoms with E-state index in [0.29, 0.717) is 63.4 Å². The van der Waals surface area contributed by atoms with E-state index in [1.165, 1.54) is 0 Å². The number of amides is 5. The van der Waals surface area contributed by atoms with Crippen LogP contribution < -0.4 is 32.6 Å². The molecule has 21 heteroatoms. The molecule has 3 aromatic heterocycles. The lowest BCUT2D eigenvalue weighted by Gasteiger charge is -2.35. The molecule has 20 nitrogen and oxygen atoms in total. The topological polar surface area (TPSA) is 285 Å². The number of anilines is 1. The summed E-state index contributed by atoms with van der Waals surface area (Å²) in [6.45, 7) is 11.2. The number of fused-ring (bicyclic) bond motifs is 5. The van der Waals surface area contributed by atoms with E-state index in [4.69, 9.17) is 24.9 Å². The molecule has 0 fully saturated rings. The number of aromatic nitrogens is 4. The SMILES string of the molecule is CCc1c2c(nc3ccc(O)cc13)-c1cc3c(c(=O)n1C2)COC(=O)[C@@]3(CC)OC(=O)OCc1ccc(NC(=O)[C@H](CCCNC(N)=O)NC(=O)C(NC(=O)CCCC#Cc2cnc(SC(CC)CC)nc2)C(C)C)cc1. The van der Waals surface area contributed by atoms with Crippen molar-refractivity contribution in [3.05, 3.63) is 105 Å². The van der Waals surface area contributed by atoms with Gasteiger partial charge in [-0.15, -0.1) is 0 Å². The van der Waals surface area contributed by atoms with Crippen molar-refractivity contribution in [2.45, 2.75) is 147 Å². The summed E-state index contributed by atoms with van der Waals surface area (Å²) in [6.07, 6.45) is 6.13. The van der Waals surface area contributed by atoms with Crippen LogP contribution in [0.25, 0.3) is 22.3 Å². The number of nitrogens with one attached hydrogen (secondary N) is 4. The van der Waals surface area contributed by atoms with Crippen LogP contribution in [-0.2, 0) is 65.2 Å². The number of ether oxygens (including phenoxy) is 3. The Morgan fingerprint density at radius 2 is 1.69 bits per heavy atom. The van der Waals surface area contributed by atoms with Crippen LogP contribution in [0.3, 0.4) is 0 Å². The Morgan fingerprint density at radius 3 is 2.36 bits per heavy atom. The summed E-state index contributed by atoms with van der Waals surface area (Å²) < 4.78 is 18.4. The zero-order chi connectivity index (χ0) is 55.4. The second-order valence-electron chi connectivity index (χ2n) is 19.1. The van der Waals surface area contributed by atoms with E-state index < -0.39 is 53.2 Å². The molecule has 0 saturated heterocycles. The maximum Gasteiger partial charge on any atom is 0.510 e. The predicted molar refractivity (Wildman–Crippen MR) is 288 cm³/mol. The van der Waals surface area contributed by atoms with Crippen LogP contribution in [0.5, 0.6) is 5.75 Å². The number of thioether (sulfide) groups is 1. The summed E-state index contributed by atoms with van der Waals surface area (Å²) in [5.74, 6) is 3.48. The van der Waals surface area contributed by atoms with Crippen LogP contribution >= 0.6 is 11.8 Å². The number of phenols is 1. The second kappa shape index (κ2) is 25.7. The van der Waals surface area contributed by atoms with Crippen molar-refractivity contribution >= 4 is 64.2 Å². The van der Waals surface area contributed by atoms with Gasteiger partial charge in [0.05, 0.1) is 34.6 Å². The summed E-state index contributed by atoms with van der Waals surface area (Å²) in [7, 11) is 0. The highest BCUT2D eigenvalue weighted by Crippen LogP contribution is 2.42. The minimum atomic E-state index is -2.01. The van der Waals surface area contributed by atoms with Gasteiger partial charge in [0.25, 0.3) is 5.56 Å². The number of urea groups is 1. The molecule has 406 valence electrons. The third-order valence-electron chi connectivity index (χ3n) is 13.6. The van der Waals surface area contributed by atoms with E-state index in [2.05, 4.69) is 56.9 Å². The fourth-order valence-corrected chi connectivity index (χ4v) is 10.2. The first kappa shape index (κ1) is 56.7. The molecule has 7 N–H and O–H groups in total. The Morgan fingerprint density at radius 1 is 0.948 bits per heavy atom. The number of nitrogens with two attached hydrogens (primary N) is 1. The van der Waals surface area contributed by atoms with Gasteiger partial charge in [0, 0.05) is 59.2 Å². The molecule has 7 rings (SSSR count). The molecule has 5 heterocycles. The number of rotatable bonds is 22. The zero-order valence-electron chi connectivity index (χ0n) is 44.1. The molecule has 77 heavy (non-hydrogen) atoms. The number of pyridine rings is 2. The number of aryl methyl sites for hydroxylation is 1. The second-order valence-corrected chi connectivity index (χ2v) is 20.4. The highest BCUT2D eigenvalue weighted by Gasteiger charge is 2.51. The minimum absolute atomic E-state index is 0.0826. The lowest BCUT2D eigenvalue weighted by molar-refractivity contribution is -0.175. The monoisotopic (exact) mass is 1070 g/mol. The first-order valence-electron chi connectivity index (χ1n) is 25.9. The molecular formula is C56H65N9O11S. The summed E-state index contributed by atoms with van der Waals surface area (Å²) in [4.78, 5) is 107. The predicted octanol–water partition coefficient (Wildman–Crippen LogP) is 7.01. The van der Waals surface area contributed by atoms with Crippen molar-refractivity contribution < 1.29 is 48.1 Å². The first-order valence-corrected chi connectivity index (χ1v) is 26.8. The molecule has 2 aliphatic heterocycles. The molecule has 1 unspecified atom stereocenters. The third-order valence-corrected chi connectivity index (χ3v) is 15.0. The number of carbonyl (C=O) groups is 6. The van der Waals surface area contributed by atoms with Gasteiger partial charge in [-0.3, -0.25) is 19.2 Å². The Bertz CT molecular complexity index is 3150. The maximum absolute atomic E-state index is 14.1. The zero-order valence-corrected chi connectivity index (χ0v) is 44.9. The number of esters is 1. The molecule has 5 amide bonds. The molecule has 0 bridgehead atoms. The number of unbranched alkanes of at least 4 members (excludes halogenated alkanes) is 1. The van der Waals surface area contributed by atoms with E-state index in [-0.39, 0.29) is 80.7 Å². The van der Waals surface area contributed by atoms with Crippen LogP contribution in [0.1, 0.15) is 126 Å². The highest BCUT2D eigenvalue weighted by atomic mass is 32.2. The summed E-state index contributed by atoms with van der Waals surface area (Å²) in [5, 5.41) is 23.0. The van der Waals surface area contributed by atoms with E-state index in [1.807, 2.05) is 6.92 Å². The lowest BCUT2D eigenvalue weighted by atomic mass is 9.85. The number of hydrogen-bond acceptors (Lipinski definition) is 15. The normalized spacial score (nSPS) is 15.0. The van der Waals surface area contributed by atoms with Gasteiger partial charge in [0.1, 0.15) is 31.0 Å². The van der Waals surface area contributed by atoms with Gasteiger partial charge in [-0.2, -0.15) is 0 Å². The number of hydrogen-bond donors (Lipinski definition) is 6. The lowest BCUT2D eigenvalue weighted by Crippen LogP contribution is -2.54. The number of nitrogens with zero attached hydrogens (tertiary/aromatic N) is 4. The summed E-state index contributed by atoms with van der Waals surface area (Å²) in [6, 6.07) is 10.1. The van der Waals surface area contributed by atoms with Crippen molar-refractivity contribution in [3.8, 4) is 29.0 Å². The van der Waals surface area contributed by atoms with E-state index in [0.717, 1.165) is 29.4 Å². The molecular weight excluding hydrogens is 1010 g/mol. The number of cyclic esters (lactones) is 1. The van der Waals surface area contributed by atoms with Crippen LogP contribution in [0.4, 0.5) is 15.3 Å². The maximum atomic E-state index is 14.1. The van der Waals surface area contributed by atoms with E-state index in [1.54, 1.807) is 98.0 Å². The Hall–Kier alpha value is -7.99. The van der Waals surface area contributed by atoms with Gasteiger partial charge < -0.3 is 50.9 Å². The van der Waals surface area contributed by atoms with Gasteiger partial charge >= 0.3 is 18.2 Å². The van der Waals surface area contributed by atoms with Crippen molar-refractivity contribution in [3.63, 3.8) is 0 Å². The van der Waals surface area contributed by atoms with Crippen LogP contribution in [0, 0.1) is 17.8 Å². The molecule has 0 radical (unpaired) electrons. The smallest absolute Gasteiger partial charge is 0.508 e. The van der Waals surface area contributed by atoms with Gasteiger partial charge in [-0.1, -0.05) is 77.3 Å². The van der Waals surface area contributed by atoms with Gasteiger partial charge in [0.15, 0.2) is 5.16 Å². The highest BCUT2D eigenvalue weighted by molar-refractivity contribution is 7.99. The van der Waals surface area contributed by atoms with E-state index in [9.17, 15) is 38.7 Å². The average Bonchev–Trinajstić information content (AvgIpc) is 3.80. The van der Waals surface area contributed by atoms with Crippen molar-refractivity contribution in [2.24, 2.45) is 11.7 Å². The minimum Gasteiger partial charge on any atom is -0.508 e. The van der Waals surface area contributed by atoms with Crippen molar-refractivity contribution in [2.75, 3.05) is 11.9 Å². The molecule has 2 aliphatic rings. The summed E-state index contributed by atoms with van der Waals surface area (Å²) >= 11 is 1.64. The quantitative estimate of drug-likeness (QED) is 0.0131. The number of benzene rings is 2. The van der Waals surface area contributed by atoms with Gasteiger partial charge in [-0.25, -0.2) is 29.3 Å². The number of primary amides is 1. The average molecular weight is 1070 g/mol. The number of phenolic OH excluding ortho intramolecular Hbond substituents is 1. The van der Waals surface area contributed by atoms with Crippen LogP contribution in [0.2, 0.25) is 0 Å². The van der Waals surface area contributed by atoms with E-state index >= 15 is 0 Å². The molecule has 0 aliphatic carbocycles. The Balaban J connectivity index is 0.953. The Labute approximate surface area is 450 Å². The third kappa shape index (κ3) is 13.5. The molecule has 0 saturated carbocycles. The van der Waals surface area contributed by atoms with Crippen LogP contribution in [-0.4, -0.2) is 84.4 Å². The van der Waals surface area contributed by atoms with Crippen LogP contribution in [0.15, 0.2) is 70.9 Å². The molecule has 5 aromatic rings. The number of aromatic hydroxyl groups is 1. The largest absolute Gasteiger partial charge is 0.510 e. The Kier molecular flexibility index (Phi) is 18.9. The number of carbonyl (C=O) groups excluding carboxylic acids is 6. The first-order chi connectivity index (χ1) is 37.0. The molecule has 3 atom stereocenters. The van der Waals surface area contributed by atoms with Gasteiger partial charge in [-0.05, 0) is 98.4 Å². The van der Waals surface area contributed by atoms with Crippen molar-refractivity contribution in [1.82, 2.24) is 35.5 Å². The summed E-state index contributed by atoms with van der Waals surface area (Å²) in [5.41, 5.74) is 8.02. The van der Waals surface area contributed by atoms with Gasteiger partial charge in [0.2, 0.25) is 23.3 Å². The fraction of sp³-hybridized carbons (Fsp3) is 0.429. The molecule has 2 aromatic carbocycles.